The lowest BCUT2D eigenvalue weighted by Gasteiger charge is -2.07. The average Bonchev–Trinajstić information content (AvgIpc) is 3.34. The van der Waals surface area contributed by atoms with Crippen LogP contribution in [0.4, 0.5) is 15.1 Å². The van der Waals surface area contributed by atoms with Crippen molar-refractivity contribution in [2.75, 3.05) is 17.2 Å². The molecule has 2 amide bonds. The molecule has 3 rings (SSSR count). The van der Waals surface area contributed by atoms with E-state index in [4.69, 9.17) is 20.8 Å². The maximum atomic E-state index is 13.0. The molecule has 0 atom stereocenters. The first-order valence-corrected chi connectivity index (χ1v) is 8.98. The van der Waals surface area contributed by atoms with Gasteiger partial charge in [-0.1, -0.05) is 11.6 Å². The van der Waals surface area contributed by atoms with Gasteiger partial charge in [0, 0.05) is 0 Å². The lowest BCUT2D eigenvalue weighted by molar-refractivity contribution is -0.119. The van der Waals surface area contributed by atoms with Crippen LogP contribution in [0.25, 0.3) is 0 Å². The Hall–Kier alpha value is -3.17. The van der Waals surface area contributed by atoms with Gasteiger partial charge in [0.25, 0.3) is 11.8 Å². The SMILES string of the molecule is O=C(COC(=O)c1ccc(NC(=O)c2ccco2)s1)Nc1ccc(F)cc1Cl. The van der Waals surface area contributed by atoms with Crippen LogP contribution >= 0.6 is 22.9 Å². The van der Waals surface area contributed by atoms with Gasteiger partial charge in [0.2, 0.25) is 0 Å². The van der Waals surface area contributed by atoms with Crippen molar-refractivity contribution in [1.29, 1.82) is 0 Å². The standard InChI is InChI=1S/C18H12ClFN2O5S/c19-11-8-10(20)3-4-12(11)21-15(23)9-27-18(25)14-5-6-16(28-14)22-17(24)13-2-1-7-26-13/h1-8H,9H2,(H,21,23)(H,22,24). The molecule has 144 valence electrons. The van der Waals surface area contributed by atoms with E-state index in [0.29, 0.717) is 5.00 Å². The van der Waals surface area contributed by atoms with Crippen molar-refractivity contribution in [2.45, 2.75) is 0 Å². The fourth-order valence-corrected chi connectivity index (χ4v) is 3.08. The number of halogens is 2. The van der Waals surface area contributed by atoms with Gasteiger partial charge in [0.05, 0.1) is 22.0 Å². The van der Waals surface area contributed by atoms with Crippen LogP contribution in [0.5, 0.6) is 0 Å². The molecule has 1 aromatic carbocycles. The van der Waals surface area contributed by atoms with Gasteiger partial charge < -0.3 is 19.8 Å². The monoisotopic (exact) mass is 422 g/mol. The summed E-state index contributed by atoms with van der Waals surface area (Å²) in [6, 6.07) is 9.55. The van der Waals surface area contributed by atoms with Gasteiger partial charge in [-0.2, -0.15) is 0 Å². The van der Waals surface area contributed by atoms with Crippen molar-refractivity contribution >= 4 is 51.4 Å². The molecular weight excluding hydrogens is 411 g/mol. The van der Waals surface area contributed by atoms with E-state index in [2.05, 4.69) is 10.6 Å². The average molecular weight is 423 g/mol. The van der Waals surface area contributed by atoms with Crippen LogP contribution in [0.15, 0.2) is 53.1 Å². The molecule has 0 bridgehead atoms. The summed E-state index contributed by atoms with van der Waals surface area (Å²) < 4.78 is 22.9. The molecule has 7 nitrogen and oxygen atoms in total. The fraction of sp³-hybridized carbons (Fsp3) is 0.0556. The minimum atomic E-state index is -0.733. The van der Waals surface area contributed by atoms with E-state index in [9.17, 15) is 18.8 Å². The number of nitrogens with one attached hydrogen (secondary N) is 2. The van der Waals surface area contributed by atoms with Crippen molar-refractivity contribution in [3.8, 4) is 0 Å². The number of ether oxygens (including phenoxy) is 1. The van der Waals surface area contributed by atoms with E-state index in [1.165, 1.54) is 30.5 Å². The first-order valence-electron chi connectivity index (χ1n) is 7.79. The normalized spacial score (nSPS) is 10.4. The second-order valence-electron chi connectivity index (χ2n) is 5.34. The highest BCUT2D eigenvalue weighted by atomic mass is 35.5. The Balaban J connectivity index is 1.51. The third-order valence-corrected chi connectivity index (χ3v) is 4.62. The molecule has 0 unspecified atom stereocenters. The maximum absolute atomic E-state index is 13.0. The van der Waals surface area contributed by atoms with Gasteiger partial charge in [0.15, 0.2) is 12.4 Å². The predicted octanol–water partition coefficient (Wildman–Crippen LogP) is 4.18. The molecule has 28 heavy (non-hydrogen) atoms. The van der Waals surface area contributed by atoms with Crippen molar-refractivity contribution in [2.24, 2.45) is 0 Å². The molecule has 2 aromatic heterocycles. The zero-order chi connectivity index (χ0) is 20.1. The van der Waals surface area contributed by atoms with E-state index in [0.717, 1.165) is 23.5 Å². The molecule has 0 saturated carbocycles. The maximum Gasteiger partial charge on any atom is 0.348 e. The van der Waals surface area contributed by atoms with Gasteiger partial charge in [0.1, 0.15) is 10.7 Å². The zero-order valence-corrected chi connectivity index (χ0v) is 15.6. The summed E-state index contributed by atoms with van der Waals surface area (Å²) in [7, 11) is 0. The number of carbonyl (C=O) groups excluding carboxylic acids is 3. The third-order valence-electron chi connectivity index (χ3n) is 3.33. The van der Waals surface area contributed by atoms with Crippen molar-refractivity contribution < 1.29 is 27.9 Å². The summed E-state index contributed by atoms with van der Waals surface area (Å²) in [4.78, 5) is 36.0. The van der Waals surface area contributed by atoms with Crippen LogP contribution in [0.2, 0.25) is 5.02 Å². The molecule has 0 radical (unpaired) electrons. The molecular formula is C18H12ClFN2O5S. The number of amides is 2. The third kappa shape index (κ3) is 4.96. The number of thiophene rings is 1. The Labute approximate surface area is 167 Å². The number of furan rings is 1. The van der Waals surface area contributed by atoms with Gasteiger partial charge in [-0.15, -0.1) is 11.3 Å². The van der Waals surface area contributed by atoms with E-state index in [1.54, 1.807) is 6.07 Å². The Morgan fingerprint density at radius 3 is 2.68 bits per heavy atom. The molecule has 0 fully saturated rings. The fourth-order valence-electron chi connectivity index (χ4n) is 2.08. The van der Waals surface area contributed by atoms with Crippen LogP contribution in [0, 0.1) is 5.82 Å². The molecule has 2 heterocycles. The second kappa shape index (κ2) is 8.68. The van der Waals surface area contributed by atoms with Crippen molar-refractivity contribution in [3.63, 3.8) is 0 Å². The molecule has 0 aliphatic heterocycles. The van der Waals surface area contributed by atoms with Crippen molar-refractivity contribution in [1.82, 2.24) is 0 Å². The highest BCUT2D eigenvalue weighted by Gasteiger charge is 2.16. The first kappa shape index (κ1) is 19.6. The first-order chi connectivity index (χ1) is 13.4. The van der Waals surface area contributed by atoms with E-state index >= 15 is 0 Å². The molecule has 2 N–H and O–H groups in total. The lowest BCUT2D eigenvalue weighted by atomic mass is 10.3. The molecule has 0 spiro atoms. The zero-order valence-electron chi connectivity index (χ0n) is 14.0. The minimum absolute atomic E-state index is 0.0230. The van der Waals surface area contributed by atoms with Gasteiger partial charge >= 0.3 is 5.97 Å². The lowest BCUT2D eigenvalue weighted by Crippen LogP contribution is -2.20. The van der Waals surface area contributed by atoms with E-state index < -0.39 is 30.2 Å². The summed E-state index contributed by atoms with van der Waals surface area (Å²) >= 11 is 6.80. The Bertz CT molecular complexity index is 1020. The molecule has 0 saturated heterocycles. The smallest absolute Gasteiger partial charge is 0.348 e. The molecule has 3 aromatic rings. The summed E-state index contributed by atoms with van der Waals surface area (Å²) in [5.74, 6) is -2.23. The summed E-state index contributed by atoms with van der Waals surface area (Å²) in [5.41, 5.74) is 0.197. The molecule has 10 heteroatoms. The Morgan fingerprint density at radius 1 is 1.14 bits per heavy atom. The summed E-state index contributed by atoms with van der Waals surface area (Å²) in [5, 5.41) is 5.43. The molecule has 0 aliphatic rings. The number of hydrogen-bond donors (Lipinski definition) is 2. The quantitative estimate of drug-likeness (QED) is 0.581. The number of benzene rings is 1. The van der Waals surface area contributed by atoms with Gasteiger partial charge in [-0.05, 0) is 42.5 Å². The minimum Gasteiger partial charge on any atom is -0.459 e. The van der Waals surface area contributed by atoms with Crippen molar-refractivity contribution in [3.05, 3.63) is 70.2 Å². The number of esters is 1. The van der Waals surface area contributed by atoms with Crippen LogP contribution in [-0.2, 0) is 9.53 Å². The van der Waals surface area contributed by atoms with Gasteiger partial charge in [-0.3, -0.25) is 9.59 Å². The van der Waals surface area contributed by atoms with E-state index in [1.807, 2.05) is 0 Å². The Kier molecular flexibility index (Phi) is 6.07. The molecule has 0 aliphatic carbocycles. The van der Waals surface area contributed by atoms with Crippen LogP contribution in [-0.4, -0.2) is 24.4 Å². The van der Waals surface area contributed by atoms with Gasteiger partial charge in [-0.25, -0.2) is 9.18 Å². The van der Waals surface area contributed by atoms with Crippen LogP contribution in [0.3, 0.4) is 0 Å². The van der Waals surface area contributed by atoms with Crippen LogP contribution in [0.1, 0.15) is 20.2 Å². The highest BCUT2D eigenvalue weighted by molar-refractivity contribution is 7.18. The number of carbonyl (C=O) groups is 3. The summed E-state index contributed by atoms with van der Waals surface area (Å²) in [6.07, 6.45) is 1.37. The number of anilines is 2. The highest BCUT2D eigenvalue weighted by Crippen LogP contribution is 2.24. The predicted molar refractivity (Wildman–Crippen MR) is 101 cm³/mol. The summed E-state index contributed by atoms with van der Waals surface area (Å²) in [6.45, 7) is -0.557. The number of rotatable bonds is 6. The topological polar surface area (TPSA) is 97.6 Å². The second-order valence-corrected chi connectivity index (χ2v) is 6.83. The van der Waals surface area contributed by atoms with Crippen LogP contribution < -0.4 is 10.6 Å². The van der Waals surface area contributed by atoms with E-state index in [-0.39, 0.29) is 21.3 Å². The Morgan fingerprint density at radius 2 is 1.96 bits per heavy atom. The largest absolute Gasteiger partial charge is 0.459 e. The number of hydrogen-bond acceptors (Lipinski definition) is 6.